The highest BCUT2D eigenvalue weighted by Gasteiger charge is 2.12. The van der Waals surface area contributed by atoms with Gasteiger partial charge in [0.2, 0.25) is 5.88 Å². The molecular weight excluding hydrogens is 270 g/mol. The number of carboxylic acids is 1. The Bertz CT molecular complexity index is 612. The van der Waals surface area contributed by atoms with E-state index in [4.69, 9.17) is 14.6 Å². The summed E-state index contributed by atoms with van der Waals surface area (Å²) >= 11 is 0. The molecule has 5 heteroatoms. The Morgan fingerprint density at radius 1 is 1.19 bits per heavy atom. The lowest BCUT2D eigenvalue weighted by molar-refractivity contribution is 0.0698. The first kappa shape index (κ1) is 15.3. The third-order valence-corrected chi connectivity index (χ3v) is 3.10. The predicted molar refractivity (Wildman–Crippen MR) is 79.9 cm³/mol. The van der Waals surface area contributed by atoms with Crippen LogP contribution in [0.15, 0.2) is 30.5 Å². The smallest absolute Gasteiger partial charge is 0.337 e. The van der Waals surface area contributed by atoms with Crippen molar-refractivity contribution in [1.82, 2.24) is 4.98 Å². The first-order chi connectivity index (χ1) is 10.2. The lowest BCUT2D eigenvalue weighted by Gasteiger charge is -2.10. The van der Waals surface area contributed by atoms with Gasteiger partial charge in [0, 0.05) is 23.6 Å². The second-order valence-corrected chi connectivity index (χ2v) is 4.64. The molecule has 0 fully saturated rings. The van der Waals surface area contributed by atoms with Crippen LogP contribution in [0.4, 0.5) is 0 Å². The maximum Gasteiger partial charge on any atom is 0.337 e. The topological polar surface area (TPSA) is 68.7 Å². The molecule has 0 aliphatic rings. The second-order valence-electron chi connectivity index (χ2n) is 4.64. The molecule has 2 aromatic rings. The number of carboxylic acid groups (broad SMARTS) is 1. The largest absolute Gasteiger partial charge is 0.478 e. The van der Waals surface area contributed by atoms with Crippen LogP contribution in [0.2, 0.25) is 0 Å². The van der Waals surface area contributed by atoms with Gasteiger partial charge in [-0.05, 0) is 12.5 Å². The third kappa shape index (κ3) is 3.92. The van der Waals surface area contributed by atoms with E-state index in [0.717, 1.165) is 19.4 Å². The van der Waals surface area contributed by atoms with Gasteiger partial charge in [-0.25, -0.2) is 9.78 Å². The zero-order chi connectivity index (χ0) is 15.1. The van der Waals surface area contributed by atoms with E-state index in [1.807, 2.05) is 12.1 Å². The summed E-state index contributed by atoms with van der Waals surface area (Å²) in [5, 5.41) is 10.5. The first-order valence-electron chi connectivity index (χ1n) is 7.05. The van der Waals surface area contributed by atoms with Gasteiger partial charge in [0.1, 0.15) is 6.61 Å². The highest BCUT2D eigenvalue weighted by Crippen LogP contribution is 2.26. The van der Waals surface area contributed by atoms with Gasteiger partial charge in [-0.3, -0.25) is 0 Å². The monoisotopic (exact) mass is 289 g/mol. The number of hydrogen-bond acceptors (Lipinski definition) is 4. The lowest BCUT2D eigenvalue weighted by atomic mass is 10.1. The van der Waals surface area contributed by atoms with E-state index < -0.39 is 5.97 Å². The number of pyridine rings is 1. The van der Waals surface area contributed by atoms with Crippen LogP contribution in [0.25, 0.3) is 10.8 Å². The Morgan fingerprint density at radius 2 is 1.95 bits per heavy atom. The van der Waals surface area contributed by atoms with Crippen molar-refractivity contribution < 1.29 is 19.4 Å². The Labute approximate surface area is 123 Å². The fourth-order valence-electron chi connectivity index (χ4n) is 2.00. The van der Waals surface area contributed by atoms with E-state index in [1.165, 1.54) is 6.20 Å². The van der Waals surface area contributed by atoms with E-state index >= 15 is 0 Å². The summed E-state index contributed by atoms with van der Waals surface area (Å²) < 4.78 is 11.0. The van der Waals surface area contributed by atoms with Gasteiger partial charge in [-0.1, -0.05) is 31.5 Å². The average Bonchev–Trinajstić information content (AvgIpc) is 2.50. The Morgan fingerprint density at radius 3 is 2.67 bits per heavy atom. The minimum atomic E-state index is -0.992. The van der Waals surface area contributed by atoms with E-state index in [1.54, 1.807) is 12.1 Å². The number of ether oxygens (including phenoxy) is 2. The number of carbonyl (C=O) groups is 1. The number of nitrogens with zero attached hydrogens (tertiary/aromatic N) is 1. The van der Waals surface area contributed by atoms with Crippen molar-refractivity contribution in [1.29, 1.82) is 0 Å². The molecule has 0 radical (unpaired) electrons. The van der Waals surface area contributed by atoms with Gasteiger partial charge in [0.05, 0.1) is 12.2 Å². The molecule has 0 aliphatic heterocycles. The quantitative estimate of drug-likeness (QED) is 0.756. The molecule has 0 saturated carbocycles. The van der Waals surface area contributed by atoms with Crippen LogP contribution < -0.4 is 4.74 Å². The van der Waals surface area contributed by atoms with Crippen molar-refractivity contribution in [3.05, 3.63) is 36.0 Å². The number of aromatic carboxylic acids is 1. The van der Waals surface area contributed by atoms with E-state index in [0.29, 0.717) is 29.9 Å². The first-order valence-corrected chi connectivity index (χ1v) is 7.05. The highest BCUT2D eigenvalue weighted by molar-refractivity contribution is 6.04. The maximum atomic E-state index is 11.2. The molecule has 1 heterocycles. The SMILES string of the molecule is CCCCOCCOc1ncc(C(=O)O)c2ccccc12. The van der Waals surface area contributed by atoms with Crippen molar-refractivity contribution in [3.8, 4) is 5.88 Å². The average molecular weight is 289 g/mol. The molecule has 0 bridgehead atoms. The number of rotatable bonds is 8. The maximum absolute atomic E-state index is 11.2. The molecule has 0 unspecified atom stereocenters. The molecule has 0 spiro atoms. The zero-order valence-corrected chi connectivity index (χ0v) is 12.0. The van der Waals surface area contributed by atoms with E-state index in [-0.39, 0.29) is 5.56 Å². The normalized spacial score (nSPS) is 10.7. The van der Waals surface area contributed by atoms with Gasteiger partial charge in [-0.2, -0.15) is 0 Å². The number of hydrogen-bond donors (Lipinski definition) is 1. The van der Waals surface area contributed by atoms with Crippen LogP contribution in [0.5, 0.6) is 5.88 Å². The summed E-state index contributed by atoms with van der Waals surface area (Å²) in [4.78, 5) is 15.3. The Hall–Kier alpha value is -2.14. The summed E-state index contributed by atoms with van der Waals surface area (Å²) in [6.07, 6.45) is 3.47. The molecule has 1 aromatic carbocycles. The van der Waals surface area contributed by atoms with Crippen molar-refractivity contribution in [2.24, 2.45) is 0 Å². The molecule has 0 amide bonds. The molecule has 0 saturated heterocycles. The molecular formula is C16H19NO4. The van der Waals surface area contributed by atoms with Gasteiger partial charge in [0.15, 0.2) is 0 Å². The van der Waals surface area contributed by atoms with Crippen LogP contribution >= 0.6 is 0 Å². The molecule has 1 aromatic heterocycles. The van der Waals surface area contributed by atoms with E-state index in [9.17, 15) is 4.79 Å². The molecule has 112 valence electrons. The highest BCUT2D eigenvalue weighted by atomic mass is 16.5. The predicted octanol–water partition coefficient (Wildman–Crippen LogP) is 3.13. The molecule has 5 nitrogen and oxygen atoms in total. The molecule has 1 N–H and O–H groups in total. The van der Waals surface area contributed by atoms with Crippen molar-refractivity contribution in [2.75, 3.05) is 19.8 Å². The Kier molecular flexibility index (Phi) is 5.51. The summed E-state index contributed by atoms with van der Waals surface area (Å²) in [5.41, 5.74) is 0.178. The van der Waals surface area contributed by atoms with Crippen molar-refractivity contribution >= 4 is 16.7 Å². The summed E-state index contributed by atoms with van der Waals surface area (Å²) in [6.45, 7) is 3.73. The lowest BCUT2D eigenvalue weighted by Crippen LogP contribution is -2.09. The van der Waals surface area contributed by atoms with Gasteiger partial charge >= 0.3 is 5.97 Å². The summed E-state index contributed by atoms with van der Waals surface area (Å²) in [5.74, 6) is -0.553. The minimum Gasteiger partial charge on any atom is -0.478 e. The van der Waals surface area contributed by atoms with Crippen LogP contribution in [0.3, 0.4) is 0 Å². The summed E-state index contributed by atoms with van der Waals surface area (Å²) in [6, 6.07) is 7.19. The fraction of sp³-hybridized carbons (Fsp3) is 0.375. The number of fused-ring (bicyclic) bond motifs is 1. The van der Waals surface area contributed by atoms with Gasteiger partial charge in [0.25, 0.3) is 0 Å². The number of benzene rings is 1. The fourth-order valence-corrected chi connectivity index (χ4v) is 2.00. The van der Waals surface area contributed by atoms with Crippen molar-refractivity contribution in [3.63, 3.8) is 0 Å². The Balaban J connectivity index is 2.07. The van der Waals surface area contributed by atoms with Crippen LogP contribution in [-0.2, 0) is 4.74 Å². The van der Waals surface area contributed by atoms with E-state index in [2.05, 4.69) is 11.9 Å². The van der Waals surface area contributed by atoms with Crippen molar-refractivity contribution in [2.45, 2.75) is 19.8 Å². The standard InChI is InChI=1S/C16H19NO4/c1-2-3-8-20-9-10-21-15-13-7-5-4-6-12(13)14(11-17-15)16(18)19/h4-7,11H,2-3,8-10H2,1H3,(H,18,19). The van der Waals surface area contributed by atoms with Gasteiger partial charge < -0.3 is 14.6 Å². The number of aromatic nitrogens is 1. The zero-order valence-electron chi connectivity index (χ0n) is 12.0. The third-order valence-electron chi connectivity index (χ3n) is 3.10. The van der Waals surface area contributed by atoms with Gasteiger partial charge in [-0.15, -0.1) is 0 Å². The number of unbranched alkanes of at least 4 members (excludes halogenated alkanes) is 1. The minimum absolute atomic E-state index is 0.178. The molecule has 21 heavy (non-hydrogen) atoms. The van der Waals surface area contributed by atoms with Crippen LogP contribution in [0.1, 0.15) is 30.1 Å². The molecule has 0 aliphatic carbocycles. The summed E-state index contributed by atoms with van der Waals surface area (Å²) in [7, 11) is 0. The second kappa shape index (κ2) is 7.59. The molecule has 0 atom stereocenters. The van der Waals surface area contributed by atoms with Crippen LogP contribution in [0, 0.1) is 0 Å². The molecule has 2 rings (SSSR count). The van der Waals surface area contributed by atoms with Crippen LogP contribution in [-0.4, -0.2) is 35.9 Å².